The molecule has 142 valence electrons. The Bertz CT molecular complexity index is 872. The number of hydrogen-bond donors (Lipinski definition) is 2. The predicted molar refractivity (Wildman–Crippen MR) is 105 cm³/mol. The summed E-state index contributed by atoms with van der Waals surface area (Å²) in [6.45, 7) is 4.34. The molecule has 2 aromatic carbocycles. The highest BCUT2D eigenvalue weighted by atomic mass is 35.5. The Morgan fingerprint density at radius 1 is 1.19 bits per heavy atom. The third-order valence-corrected chi connectivity index (χ3v) is 4.84. The third-order valence-electron chi connectivity index (χ3n) is 4.55. The Labute approximate surface area is 162 Å². The van der Waals surface area contributed by atoms with Crippen LogP contribution < -0.4 is 15.5 Å². The number of anilines is 2. The molecule has 0 fully saturated rings. The molecule has 27 heavy (non-hydrogen) atoms. The molecule has 0 saturated carbocycles. The van der Waals surface area contributed by atoms with E-state index in [0.717, 1.165) is 17.7 Å². The van der Waals surface area contributed by atoms with Crippen molar-refractivity contribution >= 4 is 34.9 Å². The van der Waals surface area contributed by atoms with Gasteiger partial charge in [-0.25, -0.2) is 9.18 Å². The number of nitrogens with zero attached hydrogens (tertiary/aromatic N) is 1. The van der Waals surface area contributed by atoms with E-state index < -0.39 is 17.9 Å². The van der Waals surface area contributed by atoms with E-state index >= 15 is 0 Å². The highest BCUT2D eigenvalue weighted by Gasteiger charge is 2.32. The average Bonchev–Trinajstić information content (AvgIpc) is 3.06. The van der Waals surface area contributed by atoms with E-state index in [9.17, 15) is 14.0 Å². The number of carbonyl (C=O) groups is 2. The first-order valence-electron chi connectivity index (χ1n) is 8.78. The number of urea groups is 1. The van der Waals surface area contributed by atoms with Crippen LogP contribution in [-0.2, 0) is 11.2 Å². The number of halogens is 2. The van der Waals surface area contributed by atoms with Crippen LogP contribution in [0.1, 0.15) is 19.4 Å². The normalized spacial score (nSPS) is 14.0. The molecule has 3 rings (SSSR count). The van der Waals surface area contributed by atoms with Gasteiger partial charge in [-0.2, -0.15) is 0 Å². The molecule has 1 unspecified atom stereocenters. The second kappa shape index (κ2) is 7.96. The first kappa shape index (κ1) is 19.2. The maximum atomic E-state index is 13.2. The lowest BCUT2D eigenvalue weighted by molar-refractivity contribution is -0.121. The summed E-state index contributed by atoms with van der Waals surface area (Å²) in [5, 5.41) is 5.23. The lowest BCUT2D eigenvalue weighted by Gasteiger charge is -2.27. The summed E-state index contributed by atoms with van der Waals surface area (Å²) in [7, 11) is 0. The average molecular weight is 390 g/mol. The molecule has 5 nitrogen and oxygen atoms in total. The molecule has 7 heteroatoms. The smallest absolute Gasteiger partial charge is 0.319 e. The van der Waals surface area contributed by atoms with Crippen LogP contribution in [0.3, 0.4) is 0 Å². The summed E-state index contributed by atoms with van der Waals surface area (Å²) in [6.07, 6.45) is 0.799. The van der Waals surface area contributed by atoms with Crippen molar-refractivity contribution in [1.29, 1.82) is 0 Å². The molecule has 1 aliphatic rings. The Morgan fingerprint density at radius 3 is 2.63 bits per heavy atom. The number of fused-ring (bicyclic) bond motifs is 1. The minimum Gasteiger partial charge on any atom is -0.326 e. The van der Waals surface area contributed by atoms with E-state index in [1.807, 2.05) is 38.1 Å². The first-order chi connectivity index (χ1) is 12.9. The van der Waals surface area contributed by atoms with Crippen molar-refractivity contribution in [3.8, 4) is 0 Å². The number of nitrogens with one attached hydrogen (secondary N) is 2. The molecular weight excluding hydrogens is 369 g/mol. The van der Waals surface area contributed by atoms with Gasteiger partial charge in [-0.1, -0.05) is 43.6 Å². The van der Waals surface area contributed by atoms with Crippen molar-refractivity contribution in [1.82, 2.24) is 5.32 Å². The summed E-state index contributed by atoms with van der Waals surface area (Å²) in [4.78, 5) is 27.1. The van der Waals surface area contributed by atoms with Gasteiger partial charge in [0, 0.05) is 17.9 Å². The van der Waals surface area contributed by atoms with Crippen LogP contribution in [0.5, 0.6) is 0 Å². The van der Waals surface area contributed by atoms with Gasteiger partial charge in [0.25, 0.3) is 0 Å². The number of carbonyl (C=O) groups excluding carboxylic acids is 2. The van der Waals surface area contributed by atoms with Crippen LogP contribution in [0.15, 0.2) is 42.5 Å². The molecular formula is C20H21ClFN3O2. The maximum absolute atomic E-state index is 13.2. The zero-order valence-electron chi connectivity index (χ0n) is 15.1. The van der Waals surface area contributed by atoms with Crippen LogP contribution in [0, 0.1) is 11.7 Å². The Kier molecular flexibility index (Phi) is 5.65. The summed E-state index contributed by atoms with van der Waals surface area (Å²) >= 11 is 5.73. The second-order valence-electron chi connectivity index (χ2n) is 6.82. The van der Waals surface area contributed by atoms with Gasteiger partial charge in [0.15, 0.2) is 0 Å². The van der Waals surface area contributed by atoms with Gasteiger partial charge in [0.05, 0.1) is 5.02 Å². The second-order valence-corrected chi connectivity index (χ2v) is 7.22. The lowest BCUT2D eigenvalue weighted by atomic mass is 10.0. The van der Waals surface area contributed by atoms with Crippen molar-refractivity contribution in [3.63, 3.8) is 0 Å². The molecule has 2 N–H and O–H groups in total. The van der Waals surface area contributed by atoms with E-state index in [0.29, 0.717) is 12.2 Å². The van der Waals surface area contributed by atoms with E-state index in [1.165, 1.54) is 18.2 Å². The fourth-order valence-electron chi connectivity index (χ4n) is 3.13. The third kappa shape index (κ3) is 4.22. The van der Waals surface area contributed by atoms with Crippen LogP contribution in [-0.4, -0.2) is 24.5 Å². The zero-order valence-corrected chi connectivity index (χ0v) is 15.9. The highest BCUT2D eigenvalue weighted by Crippen LogP contribution is 2.28. The van der Waals surface area contributed by atoms with Gasteiger partial charge >= 0.3 is 6.03 Å². The van der Waals surface area contributed by atoms with Crippen LogP contribution in [0.25, 0.3) is 0 Å². The fraction of sp³-hybridized carbons (Fsp3) is 0.300. The number of rotatable bonds is 4. The van der Waals surface area contributed by atoms with Crippen LogP contribution in [0.2, 0.25) is 5.02 Å². The quantitative estimate of drug-likeness (QED) is 0.822. The van der Waals surface area contributed by atoms with Crippen LogP contribution >= 0.6 is 11.6 Å². The Balaban J connectivity index is 1.71. The Hall–Kier alpha value is -2.60. The zero-order chi connectivity index (χ0) is 19.6. The molecule has 0 saturated heterocycles. The largest absolute Gasteiger partial charge is 0.326 e. The highest BCUT2D eigenvalue weighted by molar-refractivity contribution is 6.31. The standard InChI is InChI=1S/C20H21ClFN3O2/c1-12(2)18(19(26)25-10-9-13-5-3-4-6-17(13)25)24-20(27)23-14-7-8-16(22)15(21)11-14/h3-8,11-12,18H,9-10H2,1-2H3,(H2,23,24,27). The summed E-state index contributed by atoms with van der Waals surface area (Å²) in [5.41, 5.74) is 2.36. The van der Waals surface area contributed by atoms with Gasteiger partial charge in [0.1, 0.15) is 11.9 Å². The molecule has 3 amide bonds. The first-order valence-corrected chi connectivity index (χ1v) is 9.16. The predicted octanol–water partition coefficient (Wildman–Crippen LogP) is 4.21. The molecule has 1 atom stereocenters. The molecule has 1 heterocycles. The summed E-state index contributed by atoms with van der Waals surface area (Å²) < 4.78 is 13.2. The number of amides is 3. The van der Waals surface area contributed by atoms with Gasteiger partial charge in [-0.15, -0.1) is 0 Å². The van der Waals surface area contributed by atoms with Crippen molar-refractivity contribution in [2.75, 3.05) is 16.8 Å². The van der Waals surface area contributed by atoms with Crippen molar-refractivity contribution in [2.24, 2.45) is 5.92 Å². The monoisotopic (exact) mass is 389 g/mol. The minimum absolute atomic E-state index is 0.0852. The number of para-hydroxylation sites is 1. The molecule has 1 aliphatic heterocycles. The summed E-state index contributed by atoms with van der Waals surface area (Å²) in [6, 6.07) is 10.4. The maximum Gasteiger partial charge on any atom is 0.319 e. The van der Waals surface area contributed by atoms with Crippen molar-refractivity contribution in [2.45, 2.75) is 26.3 Å². The molecule has 0 spiro atoms. The minimum atomic E-state index is -0.688. The van der Waals surface area contributed by atoms with Gasteiger partial charge in [-0.05, 0) is 42.2 Å². The van der Waals surface area contributed by atoms with Crippen molar-refractivity contribution < 1.29 is 14.0 Å². The fourth-order valence-corrected chi connectivity index (χ4v) is 3.31. The number of benzene rings is 2. The topological polar surface area (TPSA) is 61.4 Å². The van der Waals surface area contributed by atoms with Gasteiger partial charge < -0.3 is 15.5 Å². The molecule has 0 radical (unpaired) electrons. The molecule has 0 aromatic heterocycles. The lowest BCUT2D eigenvalue weighted by Crippen LogP contribution is -2.52. The van der Waals surface area contributed by atoms with E-state index in [1.54, 1.807) is 4.90 Å². The van der Waals surface area contributed by atoms with E-state index in [4.69, 9.17) is 11.6 Å². The summed E-state index contributed by atoms with van der Waals surface area (Å²) in [5.74, 6) is -0.819. The SMILES string of the molecule is CC(C)C(NC(=O)Nc1ccc(F)c(Cl)c1)C(=O)N1CCc2ccccc21. The Morgan fingerprint density at radius 2 is 1.93 bits per heavy atom. The van der Waals surface area contributed by atoms with E-state index in [-0.39, 0.29) is 16.8 Å². The molecule has 0 bridgehead atoms. The van der Waals surface area contributed by atoms with Crippen LogP contribution in [0.4, 0.5) is 20.6 Å². The van der Waals surface area contributed by atoms with Gasteiger partial charge in [-0.3, -0.25) is 4.79 Å². The number of hydrogen-bond acceptors (Lipinski definition) is 2. The molecule has 2 aromatic rings. The van der Waals surface area contributed by atoms with Gasteiger partial charge in [0.2, 0.25) is 5.91 Å². The van der Waals surface area contributed by atoms with E-state index in [2.05, 4.69) is 10.6 Å². The van der Waals surface area contributed by atoms with Crippen molar-refractivity contribution in [3.05, 3.63) is 58.9 Å². The molecule has 0 aliphatic carbocycles.